The van der Waals surface area contributed by atoms with Crippen molar-refractivity contribution in [1.82, 2.24) is 4.90 Å². The number of ether oxygens (including phenoxy) is 3. The van der Waals surface area contributed by atoms with E-state index in [1.165, 1.54) is 32.9 Å². The number of hydrogen-bond donors (Lipinski definition) is 6. The summed E-state index contributed by atoms with van der Waals surface area (Å²) in [6.45, 7) is 6.29. The number of carbonyl (C=O) groups excluding carboxylic acids is 3. The first-order valence-corrected chi connectivity index (χ1v) is 13.2. The minimum atomic E-state index is -1.82. The van der Waals surface area contributed by atoms with Gasteiger partial charge in [0.2, 0.25) is 5.91 Å². The van der Waals surface area contributed by atoms with Gasteiger partial charge in [-0.3, -0.25) is 4.79 Å². The Bertz CT molecular complexity index is 1190. The van der Waals surface area contributed by atoms with E-state index in [-0.39, 0.29) is 48.4 Å². The van der Waals surface area contributed by atoms with Crippen LogP contribution in [0.2, 0.25) is 0 Å². The number of hydrogen-bond acceptors (Lipinski definition) is 14. The van der Waals surface area contributed by atoms with E-state index in [9.17, 15) is 45.0 Å². The highest BCUT2D eigenvalue weighted by molar-refractivity contribution is 5.90. The Morgan fingerprint density at radius 2 is 1.36 bits per heavy atom. The number of nitrogens with zero attached hydrogens (tertiary/aromatic N) is 1. The van der Waals surface area contributed by atoms with Crippen LogP contribution in [0.1, 0.15) is 71.9 Å². The fourth-order valence-electron chi connectivity index (χ4n) is 3.92. The van der Waals surface area contributed by atoms with E-state index < -0.39 is 67.8 Å². The van der Waals surface area contributed by atoms with E-state index in [2.05, 4.69) is 9.47 Å². The molecule has 0 aliphatic rings. The van der Waals surface area contributed by atoms with Crippen molar-refractivity contribution < 1.29 is 68.1 Å². The van der Waals surface area contributed by atoms with Crippen LogP contribution in [-0.2, 0) is 25.5 Å². The van der Waals surface area contributed by atoms with Crippen molar-refractivity contribution in [3.63, 3.8) is 0 Å². The summed E-state index contributed by atoms with van der Waals surface area (Å²) in [5.74, 6) is -1.14. The molecule has 2 heterocycles. The molecule has 0 unspecified atom stereocenters. The van der Waals surface area contributed by atoms with Crippen LogP contribution in [0.25, 0.3) is 0 Å². The highest BCUT2D eigenvalue weighted by Gasteiger charge is 2.33. The molecule has 42 heavy (non-hydrogen) atoms. The monoisotopic (exact) mass is 601 g/mol. The van der Waals surface area contributed by atoms with E-state index in [1.807, 2.05) is 0 Å². The van der Waals surface area contributed by atoms with Crippen molar-refractivity contribution in [1.29, 1.82) is 0 Å². The summed E-state index contributed by atoms with van der Waals surface area (Å²) in [4.78, 5) is 36.8. The second-order valence-electron chi connectivity index (χ2n) is 9.47. The smallest absolute Gasteiger partial charge is 0.463 e. The van der Waals surface area contributed by atoms with Crippen LogP contribution in [-0.4, -0.2) is 104 Å². The zero-order valence-electron chi connectivity index (χ0n) is 24.1. The van der Waals surface area contributed by atoms with E-state index in [0.29, 0.717) is 5.56 Å². The van der Waals surface area contributed by atoms with Crippen LogP contribution < -0.4 is 0 Å². The van der Waals surface area contributed by atoms with Crippen molar-refractivity contribution in [3.05, 3.63) is 46.3 Å². The zero-order valence-corrected chi connectivity index (χ0v) is 24.1. The number of aryl methyl sites for hydroxylation is 2. The molecule has 0 aromatic carbocycles. The van der Waals surface area contributed by atoms with Crippen LogP contribution >= 0.6 is 0 Å². The minimum absolute atomic E-state index is 0.0457. The van der Waals surface area contributed by atoms with E-state index >= 15 is 0 Å². The molecule has 0 radical (unpaired) electrons. The lowest BCUT2D eigenvalue weighted by molar-refractivity contribution is -0.134. The fraction of sp³-hybridized carbons (Fsp3) is 0.593. The molecule has 236 valence electrons. The Morgan fingerprint density at radius 1 is 0.810 bits per heavy atom. The number of aliphatic hydroxyl groups excluding tert-OH is 6. The number of furan rings is 2. The van der Waals surface area contributed by atoms with Crippen LogP contribution in [0.15, 0.2) is 21.0 Å². The van der Waals surface area contributed by atoms with Gasteiger partial charge in [-0.15, -0.1) is 0 Å². The molecule has 2 rings (SSSR count). The van der Waals surface area contributed by atoms with Gasteiger partial charge in [0.1, 0.15) is 71.8 Å². The average molecular weight is 602 g/mol. The molecular formula is C27H39NO14. The van der Waals surface area contributed by atoms with Gasteiger partial charge in [-0.1, -0.05) is 0 Å². The summed E-state index contributed by atoms with van der Waals surface area (Å²) in [5.41, 5.74) is 0.419. The first kappa shape index (κ1) is 34.7. The molecular weight excluding hydrogens is 562 g/mol. The predicted octanol–water partition coefficient (Wildman–Crippen LogP) is 0.398. The SMILES string of the molecule is CCOC(=O)OC[C@@H](O)[C@@H](O)[C@H](O)c1cc(CN(C[C@@H](O)[C@@H](O)[C@H](O)c2cc(C(=O)OCC)c(C)o2)C(C)=O)c(C)o1. The zero-order chi connectivity index (χ0) is 31.7. The van der Waals surface area contributed by atoms with Crippen molar-refractivity contribution in [3.8, 4) is 0 Å². The van der Waals surface area contributed by atoms with Gasteiger partial charge in [-0.05, 0) is 39.8 Å². The summed E-state index contributed by atoms with van der Waals surface area (Å²) in [6, 6.07) is 2.53. The van der Waals surface area contributed by atoms with Crippen molar-refractivity contribution in [2.45, 2.75) is 77.8 Å². The predicted molar refractivity (Wildman–Crippen MR) is 141 cm³/mol. The molecule has 0 aliphatic carbocycles. The Kier molecular flexibility index (Phi) is 13.0. The molecule has 15 nitrogen and oxygen atoms in total. The Morgan fingerprint density at radius 3 is 1.93 bits per heavy atom. The van der Waals surface area contributed by atoms with Crippen LogP contribution in [0.4, 0.5) is 4.79 Å². The molecule has 0 aliphatic heterocycles. The molecule has 0 spiro atoms. The summed E-state index contributed by atoms with van der Waals surface area (Å²) in [7, 11) is 0. The van der Waals surface area contributed by atoms with Crippen molar-refractivity contribution in [2.75, 3.05) is 26.4 Å². The first-order chi connectivity index (χ1) is 19.7. The largest absolute Gasteiger partial charge is 0.508 e. The lowest BCUT2D eigenvalue weighted by Gasteiger charge is -2.28. The fourth-order valence-corrected chi connectivity index (χ4v) is 3.92. The maximum atomic E-state index is 12.3. The molecule has 6 atom stereocenters. The summed E-state index contributed by atoms with van der Waals surface area (Å²) < 4.78 is 25.0. The lowest BCUT2D eigenvalue weighted by atomic mass is 10.0. The van der Waals surface area contributed by atoms with Crippen molar-refractivity contribution >= 4 is 18.0 Å². The minimum Gasteiger partial charge on any atom is -0.463 e. The highest BCUT2D eigenvalue weighted by Crippen LogP contribution is 2.28. The van der Waals surface area contributed by atoms with Gasteiger partial charge in [0.05, 0.1) is 13.2 Å². The number of aliphatic hydroxyl groups is 6. The molecule has 15 heteroatoms. The topological polar surface area (TPSA) is 230 Å². The van der Waals surface area contributed by atoms with Crippen molar-refractivity contribution in [2.24, 2.45) is 0 Å². The summed E-state index contributed by atoms with van der Waals surface area (Å²) >= 11 is 0. The molecule has 0 bridgehead atoms. The van der Waals surface area contributed by atoms with Gasteiger partial charge in [0.15, 0.2) is 0 Å². The van der Waals surface area contributed by atoms with Gasteiger partial charge in [-0.2, -0.15) is 0 Å². The third-order valence-corrected chi connectivity index (χ3v) is 6.34. The normalized spacial score (nSPS) is 15.7. The van der Waals surface area contributed by atoms with Crippen LogP contribution in [0, 0.1) is 13.8 Å². The maximum absolute atomic E-state index is 12.3. The molecule has 6 N–H and O–H groups in total. The van der Waals surface area contributed by atoms with Gasteiger partial charge < -0.3 is 58.6 Å². The number of amides is 1. The molecule has 0 fully saturated rings. The van der Waals surface area contributed by atoms with Gasteiger partial charge in [0.25, 0.3) is 0 Å². The van der Waals surface area contributed by atoms with Gasteiger partial charge in [0, 0.05) is 25.6 Å². The lowest BCUT2D eigenvalue weighted by Crippen LogP contribution is -2.43. The van der Waals surface area contributed by atoms with Crippen LogP contribution in [0.3, 0.4) is 0 Å². The standard InChI is InChI=1S/C27H39NO14/c1-6-38-26(36)17-9-21(42-14(17)4)25(35)22(32)18(30)11-28(15(5)29)10-16-8-20(41-13(16)3)24(34)23(33)19(31)12-40-27(37)39-7-2/h8-9,18-19,22-25,30-35H,6-7,10-12H2,1-5H3/t18-,19-,22-,23-,24-,25-/m1/s1. The molecule has 2 aromatic rings. The molecule has 2 aromatic heterocycles. The number of rotatable bonds is 15. The highest BCUT2D eigenvalue weighted by atomic mass is 16.7. The third-order valence-electron chi connectivity index (χ3n) is 6.34. The first-order valence-electron chi connectivity index (χ1n) is 13.2. The van der Waals surface area contributed by atoms with E-state index in [1.54, 1.807) is 13.8 Å². The van der Waals surface area contributed by atoms with Gasteiger partial charge in [-0.25, -0.2) is 9.59 Å². The second kappa shape index (κ2) is 15.7. The molecule has 0 saturated carbocycles. The molecule has 1 amide bonds. The Labute approximate surface area is 241 Å². The maximum Gasteiger partial charge on any atom is 0.508 e. The average Bonchev–Trinajstić information content (AvgIpc) is 3.51. The van der Waals surface area contributed by atoms with Gasteiger partial charge >= 0.3 is 12.1 Å². The summed E-state index contributed by atoms with van der Waals surface area (Å²) in [6.07, 6.45) is -11.5. The quantitative estimate of drug-likeness (QED) is 0.152. The second-order valence-corrected chi connectivity index (χ2v) is 9.47. The third kappa shape index (κ3) is 9.01. The van der Waals surface area contributed by atoms with E-state index in [4.69, 9.17) is 13.6 Å². The Hall–Kier alpha value is -3.47. The molecule has 0 saturated heterocycles. The number of esters is 1. The van der Waals surface area contributed by atoms with Crippen LogP contribution in [0.5, 0.6) is 0 Å². The van der Waals surface area contributed by atoms with E-state index in [0.717, 1.165) is 4.90 Å². The summed E-state index contributed by atoms with van der Waals surface area (Å²) in [5, 5.41) is 62.6. The Balaban J connectivity index is 2.08. The number of carbonyl (C=O) groups is 3.